The lowest BCUT2D eigenvalue weighted by atomic mass is 10.1. The molecule has 2 amide bonds. The maximum absolute atomic E-state index is 13.2. The van der Waals surface area contributed by atoms with Crippen molar-refractivity contribution in [3.05, 3.63) is 58.1 Å². The van der Waals surface area contributed by atoms with Gasteiger partial charge >= 0.3 is 0 Å². The summed E-state index contributed by atoms with van der Waals surface area (Å²) < 4.78 is 31.2. The maximum atomic E-state index is 13.2. The second kappa shape index (κ2) is 13.0. The molecule has 0 bridgehead atoms. The van der Waals surface area contributed by atoms with Crippen LogP contribution in [0.3, 0.4) is 0 Å². The van der Waals surface area contributed by atoms with Crippen LogP contribution in [0, 0.1) is 0 Å². The number of carbonyl (C=O) groups excluding carboxylic acids is 2. The second-order valence-corrected chi connectivity index (χ2v) is 10.7. The molecule has 2 aromatic rings. The van der Waals surface area contributed by atoms with Crippen LogP contribution >= 0.6 is 23.2 Å². The summed E-state index contributed by atoms with van der Waals surface area (Å²) in [6, 6.07) is 11.1. The minimum absolute atomic E-state index is 0.0318. The standard InChI is InChI=1S/C24H31Cl2N3O5S/c1-5-27-24(31)17(2)28(16-18-9-6-7-10-20(18)25)23(30)11-8-14-29(35(4,32)33)19-12-13-22(34-3)21(26)15-19/h6-7,9-10,12-13,15,17H,5,8,11,14,16H2,1-4H3,(H,27,31). The Bertz CT molecular complexity index is 1140. The van der Waals surface area contributed by atoms with E-state index < -0.39 is 16.1 Å². The van der Waals surface area contributed by atoms with Crippen LogP contribution in [0.1, 0.15) is 32.3 Å². The predicted octanol–water partition coefficient (Wildman–Crippen LogP) is 4.10. The number of methoxy groups -OCH3 is 1. The molecule has 0 aliphatic carbocycles. The monoisotopic (exact) mass is 543 g/mol. The number of carbonyl (C=O) groups is 2. The minimum atomic E-state index is -3.64. The molecule has 0 heterocycles. The largest absolute Gasteiger partial charge is 0.495 e. The molecule has 0 aliphatic heterocycles. The first-order chi connectivity index (χ1) is 16.5. The fourth-order valence-corrected chi connectivity index (χ4v) is 4.93. The van der Waals surface area contributed by atoms with E-state index in [1.807, 2.05) is 6.07 Å². The lowest BCUT2D eigenvalue weighted by Gasteiger charge is -2.29. The molecule has 0 saturated carbocycles. The minimum Gasteiger partial charge on any atom is -0.495 e. The Hall–Kier alpha value is -2.49. The average Bonchev–Trinajstić information content (AvgIpc) is 2.80. The summed E-state index contributed by atoms with van der Waals surface area (Å²) in [6.45, 7) is 4.10. The van der Waals surface area contributed by atoms with Gasteiger partial charge in [0.1, 0.15) is 11.8 Å². The fourth-order valence-electron chi connectivity index (χ4n) is 3.53. The van der Waals surface area contributed by atoms with E-state index in [1.165, 1.54) is 22.4 Å². The molecular weight excluding hydrogens is 513 g/mol. The summed E-state index contributed by atoms with van der Waals surface area (Å²) in [5, 5.41) is 3.50. The van der Waals surface area contributed by atoms with Gasteiger partial charge in [-0.15, -0.1) is 0 Å². The third-order valence-electron chi connectivity index (χ3n) is 5.39. The van der Waals surface area contributed by atoms with Crippen LogP contribution in [0.4, 0.5) is 5.69 Å². The first-order valence-corrected chi connectivity index (χ1v) is 13.7. The van der Waals surface area contributed by atoms with Crippen molar-refractivity contribution in [1.82, 2.24) is 10.2 Å². The van der Waals surface area contributed by atoms with Gasteiger partial charge in [0, 0.05) is 31.1 Å². The highest BCUT2D eigenvalue weighted by Crippen LogP contribution is 2.30. The molecular formula is C24H31Cl2N3O5S. The maximum Gasteiger partial charge on any atom is 0.242 e. The van der Waals surface area contributed by atoms with Gasteiger partial charge in [-0.25, -0.2) is 8.42 Å². The van der Waals surface area contributed by atoms with Crippen LogP contribution < -0.4 is 14.4 Å². The molecule has 11 heteroatoms. The fraction of sp³-hybridized carbons (Fsp3) is 0.417. The van der Waals surface area contributed by atoms with Crippen molar-refractivity contribution in [2.75, 3.05) is 30.8 Å². The lowest BCUT2D eigenvalue weighted by Crippen LogP contribution is -2.47. The average molecular weight is 545 g/mol. The lowest BCUT2D eigenvalue weighted by molar-refractivity contribution is -0.140. The Morgan fingerprint density at radius 2 is 1.80 bits per heavy atom. The zero-order chi connectivity index (χ0) is 26.2. The van der Waals surface area contributed by atoms with E-state index in [9.17, 15) is 18.0 Å². The molecule has 2 rings (SSSR count). The number of rotatable bonds is 12. The summed E-state index contributed by atoms with van der Waals surface area (Å²) in [4.78, 5) is 27.2. The number of nitrogens with zero attached hydrogens (tertiary/aromatic N) is 2. The molecule has 0 aliphatic rings. The molecule has 0 aromatic heterocycles. The van der Waals surface area contributed by atoms with E-state index in [4.69, 9.17) is 27.9 Å². The Labute approximate surface area is 217 Å². The summed E-state index contributed by atoms with van der Waals surface area (Å²) in [6.07, 6.45) is 1.36. The Morgan fingerprint density at radius 3 is 2.37 bits per heavy atom. The zero-order valence-electron chi connectivity index (χ0n) is 20.3. The first kappa shape index (κ1) is 28.7. The summed E-state index contributed by atoms with van der Waals surface area (Å²) in [7, 11) is -2.17. The molecule has 35 heavy (non-hydrogen) atoms. The number of likely N-dealkylation sites (N-methyl/N-ethyl adjacent to an activating group) is 1. The zero-order valence-corrected chi connectivity index (χ0v) is 22.6. The van der Waals surface area contributed by atoms with Gasteiger partial charge in [-0.05, 0) is 50.1 Å². The predicted molar refractivity (Wildman–Crippen MR) is 140 cm³/mol. The van der Waals surface area contributed by atoms with Crippen LogP contribution in [0.2, 0.25) is 10.0 Å². The molecule has 0 saturated heterocycles. The smallest absolute Gasteiger partial charge is 0.242 e. The number of ether oxygens (including phenoxy) is 1. The number of anilines is 1. The van der Waals surface area contributed by atoms with Gasteiger partial charge in [0.15, 0.2) is 0 Å². The highest BCUT2D eigenvalue weighted by atomic mass is 35.5. The van der Waals surface area contributed by atoms with Crippen molar-refractivity contribution in [1.29, 1.82) is 0 Å². The molecule has 1 atom stereocenters. The van der Waals surface area contributed by atoms with Gasteiger partial charge in [0.05, 0.1) is 24.1 Å². The van der Waals surface area contributed by atoms with Crippen molar-refractivity contribution < 1.29 is 22.7 Å². The molecule has 1 N–H and O–H groups in total. The molecule has 2 aromatic carbocycles. The first-order valence-electron chi connectivity index (χ1n) is 11.1. The highest BCUT2D eigenvalue weighted by Gasteiger charge is 2.27. The normalized spacial score (nSPS) is 12.1. The Kier molecular flexibility index (Phi) is 10.7. The van der Waals surface area contributed by atoms with Gasteiger partial charge in [-0.1, -0.05) is 41.4 Å². The van der Waals surface area contributed by atoms with E-state index >= 15 is 0 Å². The number of benzene rings is 2. The topological polar surface area (TPSA) is 96.0 Å². The van der Waals surface area contributed by atoms with Crippen LogP contribution in [0.15, 0.2) is 42.5 Å². The van der Waals surface area contributed by atoms with Gasteiger partial charge in [0.25, 0.3) is 0 Å². The van der Waals surface area contributed by atoms with E-state index in [2.05, 4.69) is 5.32 Å². The molecule has 8 nitrogen and oxygen atoms in total. The highest BCUT2D eigenvalue weighted by molar-refractivity contribution is 7.92. The number of amides is 2. The number of nitrogens with one attached hydrogen (secondary N) is 1. The SMILES string of the molecule is CCNC(=O)C(C)N(Cc1ccccc1Cl)C(=O)CCCN(c1ccc(OC)c(Cl)c1)S(C)(=O)=O. The third kappa shape index (κ3) is 8.02. The second-order valence-electron chi connectivity index (χ2n) is 7.94. The number of halogens is 2. The summed E-state index contributed by atoms with van der Waals surface area (Å²) >= 11 is 12.5. The number of hydrogen-bond acceptors (Lipinski definition) is 5. The molecule has 192 valence electrons. The van der Waals surface area contributed by atoms with Gasteiger partial charge in [-0.2, -0.15) is 0 Å². The van der Waals surface area contributed by atoms with E-state index in [1.54, 1.807) is 44.2 Å². The number of hydrogen-bond donors (Lipinski definition) is 1. The van der Waals surface area contributed by atoms with E-state index in [0.717, 1.165) is 6.26 Å². The van der Waals surface area contributed by atoms with Crippen LogP contribution in [-0.2, 0) is 26.2 Å². The van der Waals surface area contributed by atoms with Crippen molar-refractivity contribution in [2.24, 2.45) is 0 Å². The molecule has 0 fully saturated rings. The van der Waals surface area contributed by atoms with Crippen molar-refractivity contribution in [3.8, 4) is 5.75 Å². The van der Waals surface area contributed by atoms with Gasteiger partial charge < -0.3 is 15.0 Å². The van der Waals surface area contributed by atoms with Gasteiger partial charge in [0.2, 0.25) is 21.8 Å². The third-order valence-corrected chi connectivity index (χ3v) is 7.25. The van der Waals surface area contributed by atoms with E-state index in [-0.39, 0.29) is 42.8 Å². The summed E-state index contributed by atoms with van der Waals surface area (Å²) in [5.41, 5.74) is 1.08. The quantitative estimate of drug-likeness (QED) is 0.434. The van der Waals surface area contributed by atoms with Gasteiger partial charge in [-0.3, -0.25) is 13.9 Å². The molecule has 0 radical (unpaired) electrons. The summed E-state index contributed by atoms with van der Waals surface area (Å²) in [5.74, 6) is -0.142. The van der Waals surface area contributed by atoms with Crippen molar-refractivity contribution in [2.45, 2.75) is 39.3 Å². The van der Waals surface area contributed by atoms with E-state index in [0.29, 0.717) is 28.6 Å². The number of sulfonamides is 1. The van der Waals surface area contributed by atoms with Crippen LogP contribution in [-0.4, -0.2) is 57.6 Å². The Morgan fingerprint density at radius 1 is 1.11 bits per heavy atom. The van der Waals surface area contributed by atoms with Crippen molar-refractivity contribution in [3.63, 3.8) is 0 Å². The van der Waals surface area contributed by atoms with Crippen LogP contribution in [0.25, 0.3) is 0 Å². The molecule has 1 unspecified atom stereocenters. The van der Waals surface area contributed by atoms with Crippen molar-refractivity contribution >= 4 is 50.7 Å². The molecule has 0 spiro atoms. The Balaban J connectivity index is 2.19. The van der Waals surface area contributed by atoms with Crippen LogP contribution in [0.5, 0.6) is 5.75 Å².